The van der Waals surface area contributed by atoms with Gasteiger partial charge in [-0.15, -0.1) is 0 Å². The standard InChI is InChI=1S/C28H23N7O2/c1-16-12-20(22-9-6-19(15-31-22)26(30)36)13-17(2)25(16)37-27-24-23(10-11-35(24)3)33-28(34-27)32-21-7-4-18(14-29)5-8-21/h4-13,15H,1-3H3,(H2,30,36)(H,32,33,34). The fourth-order valence-corrected chi connectivity index (χ4v) is 4.11. The zero-order valence-electron chi connectivity index (χ0n) is 20.5. The van der Waals surface area contributed by atoms with Gasteiger partial charge in [-0.05, 0) is 79.6 Å². The average molecular weight is 490 g/mol. The van der Waals surface area contributed by atoms with Crippen molar-refractivity contribution in [2.75, 3.05) is 5.32 Å². The molecule has 3 heterocycles. The highest BCUT2D eigenvalue weighted by molar-refractivity contribution is 5.92. The van der Waals surface area contributed by atoms with Crippen LogP contribution in [0, 0.1) is 25.2 Å². The first-order chi connectivity index (χ1) is 17.8. The normalized spacial score (nSPS) is 10.8. The summed E-state index contributed by atoms with van der Waals surface area (Å²) in [5.74, 6) is 0.962. The summed E-state index contributed by atoms with van der Waals surface area (Å²) in [7, 11) is 1.91. The largest absolute Gasteiger partial charge is 0.436 e. The van der Waals surface area contributed by atoms with E-state index in [4.69, 9.17) is 15.7 Å². The van der Waals surface area contributed by atoms with E-state index in [1.165, 1.54) is 6.20 Å². The van der Waals surface area contributed by atoms with Crippen molar-refractivity contribution in [3.8, 4) is 29.0 Å². The van der Waals surface area contributed by atoms with Crippen LogP contribution in [0.25, 0.3) is 22.3 Å². The summed E-state index contributed by atoms with van der Waals surface area (Å²) < 4.78 is 8.33. The van der Waals surface area contributed by atoms with E-state index in [1.807, 2.05) is 49.9 Å². The molecule has 3 aromatic heterocycles. The Morgan fingerprint density at radius 1 is 1.05 bits per heavy atom. The SMILES string of the molecule is Cc1cc(-c2ccc(C(N)=O)cn2)cc(C)c1Oc1nc(Nc2ccc(C#N)cc2)nc2ccn(C)c12. The van der Waals surface area contributed by atoms with Crippen molar-refractivity contribution in [3.63, 3.8) is 0 Å². The molecular weight excluding hydrogens is 466 g/mol. The molecule has 9 heteroatoms. The summed E-state index contributed by atoms with van der Waals surface area (Å²) in [6, 6.07) is 18.5. The first kappa shape index (κ1) is 23.5. The number of fused-ring (bicyclic) bond motifs is 1. The van der Waals surface area contributed by atoms with Gasteiger partial charge in [-0.2, -0.15) is 10.2 Å². The van der Waals surface area contributed by atoms with Gasteiger partial charge in [0.25, 0.3) is 0 Å². The first-order valence-electron chi connectivity index (χ1n) is 11.5. The van der Waals surface area contributed by atoms with Crippen LogP contribution in [-0.2, 0) is 7.05 Å². The molecule has 5 rings (SSSR count). The lowest BCUT2D eigenvalue weighted by Crippen LogP contribution is -2.11. The van der Waals surface area contributed by atoms with Crippen molar-refractivity contribution >= 4 is 28.6 Å². The van der Waals surface area contributed by atoms with Gasteiger partial charge in [0.05, 0.1) is 28.4 Å². The maximum Gasteiger partial charge on any atom is 0.250 e. The molecule has 3 N–H and O–H groups in total. The Morgan fingerprint density at radius 3 is 2.41 bits per heavy atom. The van der Waals surface area contributed by atoms with Gasteiger partial charge < -0.3 is 20.4 Å². The molecular formula is C28H23N7O2. The van der Waals surface area contributed by atoms with Crippen LogP contribution >= 0.6 is 0 Å². The molecule has 0 saturated heterocycles. The molecule has 0 unspecified atom stereocenters. The van der Waals surface area contributed by atoms with Crippen molar-refractivity contribution < 1.29 is 9.53 Å². The smallest absolute Gasteiger partial charge is 0.250 e. The molecule has 9 nitrogen and oxygen atoms in total. The Bertz CT molecular complexity index is 1660. The van der Waals surface area contributed by atoms with E-state index in [0.717, 1.165) is 39.1 Å². The lowest BCUT2D eigenvalue weighted by Gasteiger charge is -2.15. The average Bonchev–Trinajstić information content (AvgIpc) is 3.27. The molecule has 182 valence electrons. The summed E-state index contributed by atoms with van der Waals surface area (Å²) in [5, 5.41) is 12.2. The molecule has 0 aliphatic rings. The number of pyridine rings is 1. The Hall–Kier alpha value is -5.23. The number of nitriles is 1. The van der Waals surface area contributed by atoms with Crippen molar-refractivity contribution in [1.29, 1.82) is 5.26 Å². The first-order valence-corrected chi connectivity index (χ1v) is 11.5. The molecule has 5 aromatic rings. The number of nitrogens with two attached hydrogens (primary N) is 1. The third kappa shape index (κ3) is 4.68. The molecule has 0 atom stereocenters. The number of anilines is 2. The maximum absolute atomic E-state index is 11.4. The van der Waals surface area contributed by atoms with Gasteiger partial charge in [0.2, 0.25) is 17.7 Å². The monoisotopic (exact) mass is 489 g/mol. The molecule has 37 heavy (non-hydrogen) atoms. The minimum absolute atomic E-state index is 0.359. The van der Waals surface area contributed by atoms with Crippen LogP contribution < -0.4 is 15.8 Å². The van der Waals surface area contributed by atoms with E-state index in [0.29, 0.717) is 28.7 Å². The Morgan fingerprint density at radius 2 is 1.78 bits per heavy atom. The second-order valence-corrected chi connectivity index (χ2v) is 8.66. The molecule has 1 amide bonds. The van der Waals surface area contributed by atoms with Gasteiger partial charge in [0, 0.05) is 30.7 Å². The quantitative estimate of drug-likeness (QED) is 0.337. The fourth-order valence-electron chi connectivity index (χ4n) is 4.11. The van der Waals surface area contributed by atoms with Crippen molar-refractivity contribution in [1.82, 2.24) is 19.5 Å². The van der Waals surface area contributed by atoms with Crippen LogP contribution in [0.15, 0.2) is 67.0 Å². The molecule has 0 bridgehead atoms. The van der Waals surface area contributed by atoms with E-state index < -0.39 is 5.91 Å². The topological polar surface area (TPSA) is 132 Å². The summed E-state index contributed by atoms with van der Waals surface area (Å²) in [5.41, 5.74) is 11.9. The number of hydrogen-bond donors (Lipinski definition) is 2. The molecule has 2 aromatic carbocycles. The lowest BCUT2D eigenvalue weighted by molar-refractivity contribution is 0.1000. The Labute approximate surface area is 213 Å². The van der Waals surface area contributed by atoms with Crippen LogP contribution in [0.2, 0.25) is 0 Å². The van der Waals surface area contributed by atoms with Gasteiger partial charge in [0.15, 0.2) is 0 Å². The molecule has 0 fully saturated rings. The predicted octanol–water partition coefficient (Wildman–Crippen LogP) is 5.15. The minimum atomic E-state index is -0.514. The third-order valence-electron chi connectivity index (χ3n) is 5.96. The molecule has 0 radical (unpaired) electrons. The number of benzene rings is 2. The highest BCUT2D eigenvalue weighted by atomic mass is 16.5. The van der Waals surface area contributed by atoms with E-state index in [2.05, 4.69) is 26.3 Å². The number of rotatable bonds is 6. The molecule has 0 spiro atoms. The van der Waals surface area contributed by atoms with Crippen LogP contribution in [0.4, 0.5) is 11.6 Å². The number of primary amides is 1. The highest BCUT2D eigenvalue weighted by Gasteiger charge is 2.17. The van der Waals surface area contributed by atoms with Crippen LogP contribution in [0.5, 0.6) is 11.6 Å². The van der Waals surface area contributed by atoms with Crippen LogP contribution in [0.3, 0.4) is 0 Å². The molecule has 0 saturated carbocycles. The fraction of sp³-hybridized carbons (Fsp3) is 0.107. The van der Waals surface area contributed by atoms with Crippen molar-refractivity contribution in [3.05, 3.63) is 89.2 Å². The summed E-state index contributed by atoms with van der Waals surface area (Å²) in [6.07, 6.45) is 3.38. The van der Waals surface area contributed by atoms with Gasteiger partial charge in [0.1, 0.15) is 11.3 Å². The number of carbonyl (C=O) groups is 1. The highest BCUT2D eigenvalue weighted by Crippen LogP contribution is 2.35. The summed E-state index contributed by atoms with van der Waals surface area (Å²) >= 11 is 0. The zero-order valence-corrected chi connectivity index (χ0v) is 20.5. The van der Waals surface area contributed by atoms with Crippen LogP contribution in [0.1, 0.15) is 27.0 Å². The van der Waals surface area contributed by atoms with E-state index >= 15 is 0 Å². The van der Waals surface area contributed by atoms with E-state index in [1.54, 1.807) is 36.4 Å². The summed E-state index contributed by atoms with van der Waals surface area (Å²) in [4.78, 5) is 25.0. The molecule has 0 aliphatic carbocycles. The second-order valence-electron chi connectivity index (χ2n) is 8.66. The zero-order chi connectivity index (χ0) is 26.1. The summed E-state index contributed by atoms with van der Waals surface area (Å²) in [6.45, 7) is 3.92. The van der Waals surface area contributed by atoms with Crippen molar-refractivity contribution in [2.45, 2.75) is 13.8 Å². The number of aryl methyl sites for hydroxylation is 3. The predicted molar refractivity (Wildman–Crippen MR) is 141 cm³/mol. The van der Waals surface area contributed by atoms with Crippen LogP contribution in [-0.4, -0.2) is 25.4 Å². The van der Waals surface area contributed by atoms with Gasteiger partial charge >= 0.3 is 0 Å². The number of aromatic nitrogens is 4. The van der Waals surface area contributed by atoms with Gasteiger partial charge in [-0.1, -0.05) is 0 Å². The van der Waals surface area contributed by atoms with Gasteiger partial charge in [-0.25, -0.2) is 4.98 Å². The van der Waals surface area contributed by atoms with Gasteiger partial charge in [-0.3, -0.25) is 9.78 Å². The third-order valence-corrected chi connectivity index (χ3v) is 5.96. The number of nitrogens with one attached hydrogen (secondary N) is 1. The number of hydrogen-bond acceptors (Lipinski definition) is 7. The minimum Gasteiger partial charge on any atom is -0.436 e. The van der Waals surface area contributed by atoms with Crippen molar-refractivity contribution in [2.24, 2.45) is 12.8 Å². The lowest BCUT2D eigenvalue weighted by atomic mass is 10.0. The Kier molecular flexibility index (Phi) is 5.99. The number of carbonyl (C=O) groups excluding carboxylic acids is 1. The number of amides is 1. The van der Waals surface area contributed by atoms with E-state index in [9.17, 15) is 4.79 Å². The molecule has 0 aliphatic heterocycles. The Balaban J connectivity index is 1.50. The van der Waals surface area contributed by atoms with E-state index in [-0.39, 0.29) is 0 Å². The maximum atomic E-state index is 11.4. The number of nitrogens with zero attached hydrogens (tertiary/aromatic N) is 5. The second kappa shape index (κ2) is 9.43. The number of ether oxygens (including phenoxy) is 1.